The number of nitrogens with one attached hydrogen (secondary N) is 1. The lowest BCUT2D eigenvalue weighted by Gasteiger charge is -2.32. The van der Waals surface area contributed by atoms with Crippen LogP contribution in [-0.2, 0) is 6.54 Å². The van der Waals surface area contributed by atoms with Crippen molar-refractivity contribution in [1.82, 2.24) is 15.1 Å². The minimum absolute atomic E-state index is 0.0727. The molecule has 1 N–H and O–H groups in total. The third-order valence-electron chi connectivity index (χ3n) is 4.55. The summed E-state index contributed by atoms with van der Waals surface area (Å²) in [6.07, 6.45) is 0. The molecule has 0 unspecified atom stereocenters. The van der Waals surface area contributed by atoms with Gasteiger partial charge in [-0.25, -0.2) is 0 Å². The summed E-state index contributed by atoms with van der Waals surface area (Å²) in [6, 6.07) is 14.7. The second-order valence-electron chi connectivity index (χ2n) is 6.48. The van der Waals surface area contributed by atoms with Crippen LogP contribution in [0.1, 0.15) is 26.3 Å². The number of rotatable bonds is 4. The molecule has 1 fully saturated rings. The minimum atomic E-state index is -0.116. The van der Waals surface area contributed by atoms with E-state index >= 15 is 0 Å². The van der Waals surface area contributed by atoms with Crippen LogP contribution >= 0.6 is 15.9 Å². The first-order chi connectivity index (χ1) is 12.5. The molecular formula is C20H22BrN3O2. The predicted octanol–water partition coefficient (Wildman–Crippen LogP) is 2.77. The minimum Gasteiger partial charge on any atom is -0.348 e. The number of benzene rings is 2. The van der Waals surface area contributed by atoms with Crippen molar-refractivity contribution in [2.75, 3.05) is 33.2 Å². The summed E-state index contributed by atoms with van der Waals surface area (Å²) < 4.78 is 0.939. The maximum Gasteiger partial charge on any atom is 0.253 e. The number of likely N-dealkylation sites (N-methyl/N-ethyl adjacent to an activating group) is 1. The van der Waals surface area contributed by atoms with Crippen LogP contribution in [0.2, 0.25) is 0 Å². The molecule has 2 amide bonds. The van der Waals surface area contributed by atoms with E-state index in [4.69, 9.17) is 0 Å². The van der Waals surface area contributed by atoms with E-state index in [2.05, 4.69) is 33.2 Å². The SMILES string of the molecule is CN1CCN(C(=O)c2ccc(CNC(=O)c3ccc(Br)cc3)cc2)CC1. The summed E-state index contributed by atoms with van der Waals surface area (Å²) >= 11 is 3.36. The van der Waals surface area contributed by atoms with Crippen LogP contribution < -0.4 is 5.32 Å². The van der Waals surface area contributed by atoms with E-state index in [1.807, 2.05) is 41.3 Å². The van der Waals surface area contributed by atoms with Crippen LogP contribution in [-0.4, -0.2) is 54.8 Å². The van der Waals surface area contributed by atoms with Crippen molar-refractivity contribution >= 4 is 27.7 Å². The lowest BCUT2D eigenvalue weighted by Crippen LogP contribution is -2.47. The summed E-state index contributed by atoms with van der Waals surface area (Å²) in [4.78, 5) is 28.8. The van der Waals surface area contributed by atoms with Crippen LogP contribution in [0.25, 0.3) is 0 Å². The fourth-order valence-corrected chi connectivity index (χ4v) is 3.11. The maximum atomic E-state index is 12.5. The summed E-state index contributed by atoms with van der Waals surface area (Å²) in [7, 11) is 2.07. The van der Waals surface area contributed by atoms with Gasteiger partial charge in [0, 0.05) is 48.3 Å². The number of piperazine rings is 1. The number of hydrogen-bond acceptors (Lipinski definition) is 3. The van der Waals surface area contributed by atoms with E-state index in [9.17, 15) is 9.59 Å². The van der Waals surface area contributed by atoms with Crippen LogP contribution in [0.3, 0.4) is 0 Å². The Balaban J connectivity index is 1.55. The highest BCUT2D eigenvalue weighted by molar-refractivity contribution is 9.10. The second-order valence-corrected chi connectivity index (χ2v) is 7.40. The van der Waals surface area contributed by atoms with Gasteiger partial charge in [0.25, 0.3) is 11.8 Å². The fraction of sp³-hybridized carbons (Fsp3) is 0.300. The number of carbonyl (C=O) groups excluding carboxylic acids is 2. The molecule has 5 nitrogen and oxygen atoms in total. The van der Waals surface area contributed by atoms with Crippen LogP contribution in [0.5, 0.6) is 0 Å². The molecule has 0 saturated carbocycles. The van der Waals surface area contributed by atoms with Gasteiger partial charge in [-0.15, -0.1) is 0 Å². The quantitative estimate of drug-likeness (QED) is 0.834. The molecule has 1 heterocycles. The van der Waals surface area contributed by atoms with Crippen LogP contribution in [0.15, 0.2) is 53.0 Å². The van der Waals surface area contributed by atoms with E-state index in [-0.39, 0.29) is 11.8 Å². The Hall–Kier alpha value is -2.18. The van der Waals surface area contributed by atoms with E-state index < -0.39 is 0 Å². The molecule has 1 aliphatic rings. The van der Waals surface area contributed by atoms with Crippen LogP contribution in [0, 0.1) is 0 Å². The zero-order valence-electron chi connectivity index (χ0n) is 14.7. The van der Waals surface area contributed by atoms with Gasteiger partial charge >= 0.3 is 0 Å². The van der Waals surface area contributed by atoms with Gasteiger partial charge in [0.15, 0.2) is 0 Å². The molecule has 0 aromatic heterocycles. The number of halogens is 1. The number of hydrogen-bond donors (Lipinski definition) is 1. The Bertz CT molecular complexity index is 767. The Labute approximate surface area is 162 Å². The Kier molecular flexibility index (Phi) is 6.06. The van der Waals surface area contributed by atoms with Crippen LogP contribution in [0.4, 0.5) is 0 Å². The molecule has 0 bridgehead atoms. The van der Waals surface area contributed by atoms with Gasteiger partial charge in [0.2, 0.25) is 0 Å². The number of nitrogens with zero attached hydrogens (tertiary/aromatic N) is 2. The molecule has 6 heteroatoms. The van der Waals surface area contributed by atoms with Crippen molar-refractivity contribution in [3.63, 3.8) is 0 Å². The average molecular weight is 416 g/mol. The van der Waals surface area contributed by atoms with Gasteiger partial charge in [0.1, 0.15) is 0 Å². The predicted molar refractivity (Wildman–Crippen MR) is 105 cm³/mol. The molecule has 26 heavy (non-hydrogen) atoms. The highest BCUT2D eigenvalue weighted by atomic mass is 79.9. The van der Waals surface area contributed by atoms with Gasteiger partial charge in [-0.3, -0.25) is 9.59 Å². The van der Waals surface area contributed by atoms with E-state index in [1.54, 1.807) is 12.1 Å². The van der Waals surface area contributed by atoms with Gasteiger partial charge in [0.05, 0.1) is 0 Å². The molecule has 0 radical (unpaired) electrons. The molecule has 1 aliphatic heterocycles. The van der Waals surface area contributed by atoms with Gasteiger partial charge in [-0.1, -0.05) is 28.1 Å². The van der Waals surface area contributed by atoms with Crippen molar-refractivity contribution < 1.29 is 9.59 Å². The highest BCUT2D eigenvalue weighted by Gasteiger charge is 2.20. The first-order valence-electron chi connectivity index (χ1n) is 8.63. The topological polar surface area (TPSA) is 52.6 Å². The largest absolute Gasteiger partial charge is 0.348 e. The summed E-state index contributed by atoms with van der Waals surface area (Å²) in [5, 5.41) is 2.90. The van der Waals surface area contributed by atoms with Crippen molar-refractivity contribution in [3.8, 4) is 0 Å². The van der Waals surface area contributed by atoms with Gasteiger partial charge in [-0.2, -0.15) is 0 Å². The zero-order valence-corrected chi connectivity index (χ0v) is 16.3. The summed E-state index contributed by atoms with van der Waals surface area (Å²) in [6.45, 7) is 3.77. The van der Waals surface area contributed by atoms with Gasteiger partial charge < -0.3 is 15.1 Å². The van der Waals surface area contributed by atoms with Crippen molar-refractivity contribution in [2.45, 2.75) is 6.54 Å². The first kappa shape index (κ1) is 18.6. The fourth-order valence-electron chi connectivity index (χ4n) is 2.84. The van der Waals surface area contributed by atoms with E-state index in [1.165, 1.54) is 0 Å². The van der Waals surface area contributed by atoms with Crippen molar-refractivity contribution in [2.24, 2.45) is 0 Å². The standard InChI is InChI=1S/C20H22BrN3O2/c1-23-10-12-24(13-11-23)20(26)17-4-2-15(3-5-17)14-22-19(25)16-6-8-18(21)9-7-16/h2-9H,10-14H2,1H3,(H,22,25). The van der Waals surface area contributed by atoms with Crippen molar-refractivity contribution in [3.05, 3.63) is 69.7 Å². The van der Waals surface area contributed by atoms with E-state index in [0.29, 0.717) is 17.7 Å². The molecule has 2 aromatic rings. The molecule has 0 spiro atoms. The monoisotopic (exact) mass is 415 g/mol. The lowest BCUT2D eigenvalue weighted by molar-refractivity contribution is 0.0664. The Morgan fingerprint density at radius 2 is 1.50 bits per heavy atom. The molecule has 3 rings (SSSR count). The van der Waals surface area contributed by atoms with Gasteiger partial charge in [-0.05, 0) is 49.0 Å². The zero-order chi connectivity index (χ0) is 18.5. The molecular weight excluding hydrogens is 394 g/mol. The number of amides is 2. The smallest absolute Gasteiger partial charge is 0.253 e. The second kappa shape index (κ2) is 8.47. The van der Waals surface area contributed by atoms with E-state index in [0.717, 1.165) is 36.2 Å². The van der Waals surface area contributed by atoms with Crippen molar-refractivity contribution in [1.29, 1.82) is 0 Å². The maximum absolute atomic E-state index is 12.5. The third-order valence-corrected chi connectivity index (χ3v) is 5.08. The molecule has 1 saturated heterocycles. The lowest BCUT2D eigenvalue weighted by atomic mass is 10.1. The molecule has 2 aromatic carbocycles. The molecule has 136 valence electrons. The summed E-state index contributed by atoms with van der Waals surface area (Å²) in [5.74, 6) is -0.0429. The Morgan fingerprint density at radius 3 is 2.12 bits per heavy atom. The first-order valence-corrected chi connectivity index (χ1v) is 9.43. The third kappa shape index (κ3) is 4.71. The normalized spacial score (nSPS) is 14.9. The molecule has 0 atom stereocenters. The summed E-state index contributed by atoms with van der Waals surface area (Å²) in [5.41, 5.74) is 2.28. The highest BCUT2D eigenvalue weighted by Crippen LogP contribution is 2.12. The Morgan fingerprint density at radius 1 is 0.923 bits per heavy atom. The number of carbonyl (C=O) groups is 2. The average Bonchev–Trinajstić information content (AvgIpc) is 2.67. The molecule has 0 aliphatic carbocycles.